The number of aliphatic imine (C=N–C) groups is 1. The molecule has 1 aromatic rings. The number of aryl methyl sites for hydroxylation is 2. The van der Waals surface area contributed by atoms with Crippen LogP contribution in [-0.2, 0) is 11.2 Å². The van der Waals surface area contributed by atoms with Crippen LogP contribution in [0.4, 0.5) is 0 Å². The maximum atomic E-state index is 12.7. The molecular weight excluding hydrogens is 457 g/mol. The van der Waals surface area contributed by atoms with Gasteiger partial charge in [0, 0.05) is 31.2 Å². The molecule has 27 heavy (non-hydrogen) atoms. The molecule has 0 radical (unpaired) electrons. The molecule has 0 aromatic carbocycles. The molecule has 0 unspecified atom stereocenters. The van der Waals surface area contributed by atoms with Crippen molar-refractivity contribution in [2.24, 2.45) is 4.99 Å². The van der Waals surface area contributed by atoms with E-state index in [0.29, 0.717) is 13.1 Å². The SMILES string of the molecule is CCNC(=NCCc1c(C)noc1C)N1CC(=O)N(C(C)C)C(C)(C)C1.I. The Bertz CT molecular complexity index is 650. The van der Waals surface area contributed by atoms with Crippen molar-refractivity contribution >= 4 is 35.8 Å². The Hall–Kier alpha value is -1.32. The van der Waals surface area contributed by atoms with Gasteiger partial charge in [0.15, 0.2) is 5.96 Å². The van der Waals surface area contributed by atoms with Gasteiger partial charge in [0.1, 0.15) is 5.76 Å². The number of nitrogens with one attached hydrogen (secondary N) is 1. The monoisotopic (exact) mass is 491 g/mol. The first-order valence-electron chi connectivity index (χ1n) is 9.44. The van der Waals surface area contributed by atoms with Crippen molar-refractivity contribution in [2.45, 2.75) is 66.5 Å². The van der Waals surface area contributed by atoms with Gasteiger partial charge in [0.05, 0.1) is 17.8 Å². The van der Waals surface area contributed by atoms with Crippen LogP contribution in [0.5, 0.6) is 0 Å². The van der Waals surface area contributed by atoms with Crippen LogP contribution in [0.25, 0.3) is 0 Å². The molecule has 0 bridgehead atoms. The second kappa shape index (κ2) is 9.75. The van der Waals surface area contributed by atoms with Crippen LogP contribution in [0.15, 0.2) is 9.52 Å². The van der Waals surface area contributed by atoms with Gasteiger partial charge >= 0.3 is 0 Å². The highest BCUT2D eigenvalue weighted by Crippen LogP contribution is 2.24. The van der Waals surface area contributed by atoms with Crippen LogP contribution in [0, 0.1) is 13.8 Å². The maximum Gasteiger partial charge on any atom is 0.242 e. The van der Waals surface area contributed by atoms with Crippen molar-refractivity contribution in [3.63, 3.8) is 0 Å². The van der Waals surface area contributed by atoms with Crippen LogP contribution in [0.2, 0.25) is 0 Å². The topological polar surface area (TPSA) is 74.0 Å². The van der Waals surface area contributed by atoms with Gasteiger partial charge in [-0.2, -0.15) is 0 Å². The second-order valence-electron chi connectivity index (χ2n) is 7.81. The minimum atomic E-state index is -0.235. The summed E-state index contributed by atoms with van der Waals surface area (Å²) in [5, 5.41) is 7.32. The molecule has 0 atom stereocenters. The van der Waals surface area contributed by atoms with Crippen LogP contribution in [0.3, 0.4) is 0 Å². The Morgan fingerprint density at radius 1 is 1.37 bits per heavy atom. The molecule has 1 N–H and O–H groups in total. The normalized spacial score (nSPS) is 17.3. The number of hydrogen-bond donors (Lipinski definition) is 1. The maximum absolute atomic E-state index is 12.7. The third kappa shape index (κ3) is 5.58. The van der Waals surface area contributed by atoms with E-state index < -0.39 is 0 Å². The molecule has 7 nitrogen and oxygen atoms in total. The molecule has 0 aliphatic carbocycles. The Balaban J connectivity index is 0.00000364. The highest BCUT2D eigenvalue weighted by molar-refractivity contribution is 14.0. The van der Waals surface area contributed by atoms with Crippen molar-refractivity contribution in [1.82, 2.24) is 20.3 Å². The number of guanidine groups is 1. The van der Waals surface area contributed by atoms with E-state index in [4.69, 9.17) is 9.52 Å². The minimum Gasteiger partial charge on any atom is -0.361 e. The van der Waals surface area contributed by atoms with Crippen LogP contribution in [-0.4, -0.2) is 64.6 Å². The first-order valence-corrected chi connectivity index (χ1v) is 9.44. The molecule has 1 aliphatic rings. The third-order valence-corrected chi connectivity index (χ3v) is 4.78. The number of carbonyl (C=O) groups excluding carboxylic acids is 1. The number of halogens is 1. The van der Waals surface area contributed by atoms with E-state index in [-0.39, 0.29) is 41.5 Å². The average molecular weight is 491 g/mol. The second-order valence-corrected chi connectivity index (χ2v) is 7.81. The van der Waals surface area contributed by atoms with E-state index in [1.165, 1.54) is 0 Å². The molecule has 1 aromatic heterocycles. The molecule has 0 saturated carbocycles. The summed E-state index contributed by atoms with van der Waals surface area (Å²) in [5.74, 6) is 1.79. The molecule has 2 heterocycles. The molecule has 8 heteroatoms. The first kappa shape index (κ1) is 23.7. The van der Waals surface area contributed by atoms with Crippen molar-refractivity contribution in [1.29, 1.82) is 0 Å². The molecule has 1 saturated heterocycles. The lowest BCUT2D eigenvalue weighted by Gasteiger charge is -2.49. The van der Waals surface area contributed by atoms with Gasteiger partial charge in [-0.05, 0) is 54.9 Å². The third-order valence-electron chi connectivity index (χ3n) is 4.78. The van der Waals surface area contributed by atoms with E-state index in [1.807, 2.05) is 25.7 Å². The van der Waals surface area contributed by atoms with Crippen LogP contribution >= 0.6 is 24.0 Å². The summed E-state index contributed by atoms with van der Waals surface area (Å²) < 4.78 is 5.22. The van der Waals surface area contributed by atoms with Crippen LogP contribution < -0.4 is 5.32 Å². The standard InChI is InChI=1S/C19H33N5O2.HI/c1-8-20-18(21-10-9-16-14(4)22-26-15(16)5)23-11-17(25)24(13(2)3)19(6,7)12-23;/h13H,8-12H2,1-7H3,(H,20,21);1H. The Kier molecular flexibility index (Phi) is 8.56. The van der Waals surface area contributed by atoms with Crippen molar-refractivity contribution < 1.29 is 9.32 Å². The molecule has 1 aliphatic heterocycles. The largest absolute Gasteiger partial charge is 0.361 e. The van der Waals surface area contributed by atoms with Crippen molar-refractivity contribution in [3.05, 3.63) is 17.0 Å². The Morgan fingerprint density at radius 2 is 2.04 bits per heavy atom. The fourth-order valence-corrected chi connectivity index (χ4v) is 3.87. The highest BCUT2D eigenvalue weighted by atomic mass is 127. The summed E-state index contributed by atoms with van der Waals surface area (Å²) in [6.45, 7) is 16.8. The lowest BCUT2D eigenvalue weighted by Crippen LogP contribution is -2.66. The van der Waals surface area contributed by atoms with Gasteiger partial charge in [-0.15, -0.1) is 24.0 Å². The van der Waals surface area contributed by atoms with Gasteiger partial charge in [-0.3, -0.25) is 9.79 Å². The van der Waals surface area contributed by atoms with Gasteiger partial charge in [0.2, 0.25) is 5.91 Å². The number of rotatable bonds is 5. The quantitative estimate of drug-likeness (QED) is 0.390. The molecule has 1 amide bonds. The van der Waals surface area contributed by atoms with Gasteiger partial charge in [-0.1, -0.05) is 5.16 Å². The smallest absolute Gasteiger partial charge is 0.242 e. The Labute approximate surface area is 180 Å². The first-order chi connectivity index (χ1) is 12.2. The predicted octanol–water partition coefficient (Wildman–Crippen LogP) is 2.75. The molecule has 2 rings (SSSR count). The van der Waals surface area contributed by atoms with E-state index in [2.05, 4.69) is 43.1 Å². The summed E-state index contributed by atoms with van der Waals surface area (Å²) in [4.78, 5) is 21.5. The number of aromatic nitrogens is 1. The van der Waals surface area contributed by atoms with Gasteiger partial charge in [-0.25, -0.2) is 0 Å². The summed E-state index contributed by atoms with van der Waals surface area (Å²) >= 11 is 0. The fourth-order valence-electron chi connectivity index (χ4n) is 3.87. The molecule has 0 spiro atoms. The Morgan fingerprint density at radius 3 is 2.52 bits per heavy atom. The zero-order chi connectivity index (χ0) is 19.5. The lowest BCUT2D eigenvalue weighted by molar-refractivity contribution is -0.145. The lowest BCUT2D eigenvalue weighted by atomic mass is 9.96. The number of carbonyl (C=O) groups is 1. The van der Waals surface area contributed by atoms with E-state index >= 15 is 0 Å². The van der Waals surface area contributed by atoms with Crippen molar-refractivity contribution in [3.8, 4) is 0 Å². The van der Waals surface area contributed by atoms with Crippen LogP contribution in [0.1, 0.15) is 51.6 Å². The summed E-state index contributed by atoms with van der Waals surface area (Å²) in [6, 6.07) is 0.193. The van der Waals surface area contributed by atoms with E-state index in [1.54, 1.807) is 0 Å². The molecular formula is C19H34IN5O2. The zero-order valence-electron chi connectivity index (χ0n) is 17.6. The summed E-state index contributed by atoms with van der Waals surface area (Å²) in [6.07, 6.45) is 0.777. The predicted molar refractivity (Wildman–Crippen MR) is 119 cm³/mol. The number of amides is 1. The number of piperazine rings is 1. The van der Waals surface area contributed by atoms with Gasteiger partial charge < -0.3 is 19.6 Å². The average Bonchev–Trinajstić information content (AvgIpc) is 2.83. The number of hydrogen-bond acceptors (Lipinski definition) is 4. The minimum absolute atomic E-state index is 0. The molecule has 154 valence electrons. The zero-order valence-corrected chi connectivity index (χ0v) is 20.0. The van der Waals surface area contributed by atoms with Crippen molar-refractivity contribution in [2.75, 3.05) is 26.2 Å². The molecule has 1 fully saturated rings. The van der Waals surface area contributed by atoms with E-state index in [0.717, 1.165) is 42.5 Å². The highest BCUT2D eigenvalue weighted by Gasteiger charge is 2.40. The fraction of sp³-hybridized carbons (Fsp3) is 0.737. The van der Waals surface area contributed by atoms with E-state index in [9.17, 15) is 4.79 Å². The summed E-state index contributed by atoms with van der Waals surface area (Å²) in [7, 11) is 0. The van der Waals surface area contributed by atoms with Gasteiger partial charge in [0.25, 0.3) is 0 Å². The number of nitrogens with zero attached hydrogens (tertiary/aromatic N) is 4. The summed E-state index contributed by atoms with van der Waals surface area (Å²) in [5.41, 5.74) is 1.80.